The highest BCUT2D eigenvalue weighted by molar-refractivity contribution is 5.69. The second kappa shape index (κ2) is 36.0. The van der Waals surface area contributed by atoms with Gasteiger partial charge in [0.1, 0.15) is 6.61 Å². The molecule has 1 aliphatic heterocycles. The van der Waals surface area contributed by atoms with Gasteiger partial charge in [-0.2, -0.15) is 0 Å². The van der Waals surface area contributed by atoms with Crippen molar-refractivity contribution >= 4 is 5.97 Å². The van der Waals surface area contributed by atoms with Gasteiger partial charge in [0.15, 0.2) is 6.29 Å². The molecule has 1 unspecified atom stereocenters. The fourth-order valence-electron chi connectivity index (χ4n) is 4.86. The van der Waals surface area contributed by atoms with Crippen molar-refractivity contribution in [2.45, 2.75) is 122 Å². The van der Waals surface area contributed by atoms with E-state index in [0.717, 1.165) is 32.3 Å². The third kappa shape index (κ3) is 32.9. The standard InChI is InChI=1S/C35H68O10/c1-2-3-4-5-6-7-8-9-10-11-12-13-14-17-34(36)43-32-30-41-28-26-39-24-22-37-20-21-38-23-25-40-27-29-42-31-33-45-35-18-15-16-19-44-35/h35H,2-33H2,1H3. The van der Waals surface area contributed by atoms with E-state index in [0.29, 0.717) is 98.9 Å². The van der Waals surface area contributed by atoms with E-state index in [2.05, 4.69) is 6.92 Å². The lowest BCUT2D eigenvalue weighted by molar-refractivity contribution is -0.169. The van der Waals surface area contributed by atoms with Crippen LogP contribution in [0.2, 0.25) is 0 Å². The molecule has 0 aromatic rings. The molecule has 10 nitrogen and oxygen atoms in total. The third-order valence-electron chi connectivity index (χ3n) is 7.50. The fraction of sp³-hybridized carbons (Fsp3) is 0.971. The zero-order valence-corrected chi connectivity index (χ0v) is 28.8. The summed E-state index contributed by atoms with van der Waals surface area (Å²) < 4.78 is 49.3. The number of hydrogen-bond donors (Lipinski definition) is 0. The molecule has 0 aromatic carbocycles. The predicted octanol–water partition coefficient (Wildman–Crippen LogP) is 6.65. The van der Waals surface area contributed by atoms with Crippen LogP contribution in [0.4, 0.5) is 0 Å². The monoisotopic (exact) mass is 648 g/mol. The Bertz CT molecular complexity index is 589. The lowest BCUT2D eigenvalue weighted by Gasteiger charge is -2.22. The highest BCUT2D eigenvalue weighted by atomic mass is 16.7. The normalized spacial score (nSPS) is 15.1. The molecule has 268 valence electrons. The second-order valence-corrected chi connectivity index (χ2v) is 11.6. The molecule has 1 atom stereocenters. The minimum atomic E-state index is -0.126. The van der Waals surface area contributed by atoms with E-state index in [1.165, 1.54) is 77.0 Å². The van der Waals surface area contributed by atoms with Crippen molar-refractivity contribution < 1.29 is 47.4 Å². The Morgan fingerprint density at radius 1 is 0.511 bits per heavy atom. The first-order valence-corrected chi connectivity index (χ1v) is 18.2. The quantitative estimate of drug-likeness (QED) is 0.0542. The molecule has 1 rings (SSSR count). The molecule has 0 bridgehead atoms. The average Bonchev–Trinajstić information content (AvgIpc) is 3.06. The minimum absolute atomic E-state index is 0.0641. The van der Waals surface area contributed by atoms with Crippen LogP contribution in [0.1, 0.15) is 116 Å². The molecule has 0 N–H and O–H groups in total. The van der Waals surface area contributed by atoms with Gasteiger partial charge in [-0.05, 0) is 25.7 Å². The van der Waals surface area contributed by atoms with Crippen molar-refractivity contribution in [3.63, 3.8) is 0 Å². The Labute approximate surface area is 274 Å². The van der Waals surface area contributed by atoms with Crippen LogP contribution in [0, 0.1) is 0 Å². The molecule has 1 fully saturated rings. The van der Waals surface area contributed by atoms with Gasteiger partial charge < -0.3 is 42.6 Å². The molecular formula is C35H68O10. The summed E-state index contributed by atoms with van der Waals surface area (Å²) in [5, 5.41) is 0. The van der Waals surface area contributed by atoms with Crippen molar-refractivity contribution in [3.8, 4) is 0 Å². The van der Waals surface area contributed by atoms with E-state index < -0.39 is 0 Å². The summed E-state index contributed by atoms with van der Waals surface area (Å²) >= 11 is 0. The maximum atomic E-state index is 11.8. The first-order valence-electron chi connectivity index (χ1n) is 18.2. The molecule has 1 heterocycles. The number of hydrogen-bond acceptors (Lipinski definition) is 10. The number of ether oxygens (including phenoxy) is 9. The summed E-state index contributed by atoms with van der Waals surface area (Å²) in [6.07, 6.45) is 20.6. The van der Waals surface area contributed by atoms with E-state index in [4.69, 9.17) is 42.6 Å². The van der Waals surface area contributed by atoms with Crippen LogP contribution in [0.15, 0.2) is 0 Å². The van der Waals surface area contributed by atoms with Crippen LogP contribution in [-0.4, -0.2) is 111 Å². The summed E-state index contributed by atoms with van der Waals surface area (Å²) in [5.74, 6) is -0.126. The van der Waals surface area contributed by atoms with Crippen LogP contribution in [0.3, 0.4) is 0 Å². The summed E-state index contributed by atoms with van der Waals surface area (Å²) in [5.41, 5.74) is 0. The maximum Gasteiger partial charge on any atom is 0.305 e. The molecule has 1 aliphatic rings. The average molecular weight is 649 g/mol. The Hall–Kier alpha value is -0.850. The minimum Gasteiger partial charge on any atom is -0.463 e. The van der Waals surface area contributed by atoms with Gasteiger partial charge in [0, 0.05) is 13.0 Å². The highest BCUT2D eigenvalue weighted by Crippen LogP contribution is 2.14. The van der Waals surface area contributed by atoms with E-state index in [9.17, 15) is 4.79 Å². The molecule has 0 radical (unpaired) electrons. The molecular weight excluding hydrogens is 580 g/mol. The number of esters is 1. The molecule has 10 heteroatoms. The van der Waals surface area contributed by atoms with Crippen molar-refractivity contribution in [2.24, 2.45) is 0 Å². The van der Waals surface area contributed by atoms with Gasteiger partial charge in [-0.3, -0.25) is 4.79 Å². The van der Waals surface area contributed by atoms with Crippen molar-refractivity contribution in [1.82, 2.24) is 0 Å². The van der Waals surface area contributed by atoms with E-state index in [1.807, 2.05) is 0 Å². The molecule has 0 amide bonds. The van der Waals surface area contributed by atoms with Gasteiger partial charge in [0.2, 0.25) is 0 Å². The maximum absolute atomic E-state index is 11.8. The number of carbonyl (C=O) groups excluding carboxylic acids is 1. The molecule has 0 saturated carbocycles. The van der Waals surface area contributed by atoms with Gasteiger partial charge in [0.25, 0.3) is 0 Å². The van der Waals surface area contributed by atoms with Crippen LogP contribution in [0.25, 0.3) is 0 Å². The summed E-state index contributed by atoms with van der Waals surface area (Å²) in [6, 6.07) is 0. The van der Waals surface area contributed by atoms with Crippen LogP contribution in [0.5, 0.6) is 0 Å². The van der Waals surface area contributed by atoms with Gasteiger partial charge in [-0.15, -0.1) is 0 Å². The van der Waals surface area contributed by atoms with Crippen LogP contribution >= 0.6 is 0 Å². The van der Waals surface area contributed by atoms with E-state index >= 15 is 0 Å². The first kappa shape index (κ1) is 42.2. The van der Waals surface area contributed by atoms with Gasteiger partial charge in [0.05, 0.1) is 85.9 Å². The summed E-state index contributed by atoms with van der Waals surface area (Å²) in [4.78, 5) is 11.8. The Kier molecular flexibility index (Phi) is 33.7. The third-order valence-corrected chi connectivity index (χ3v) is 7.50. The summed E-state index contributed by atoms with van der Waals surface area (Å²) in [7, 11) is 0. The Morgan fingerprint density at radius 2 is 0.911 bits per heavy atom. The fourth-order valence-corrected chi connectivity index (χ4v) is 4.86. The van der Waals surface area contributed by atoms with Crippen molar-refractivity contribution in [2.75, 3.05) is 99.1 Å². The topological polar surface area (TPSA) is 100 Å². The largest absolute Gasteiger partial charge is 0.463 e. The van der Waals surface area contributed by atoms with E-state index in [1.54, 1.807) is 0 Å². The zero-order chi connectivity index (χ0) is 32.1. The SMILES string of the molecule is CCCCCCCCCCCCCCCC(=O)OCCOCCOCCOCCOCCOCCOCCOC1CCCCO1. The zero-order valence-electron chi connectivity index (χ0n) is 28.8. The van der Waals surface area contributed by atoms with Gasteiger partial charge >= 0.3 is 5.97 Å². The van der Waals surface area contributed by atoms with Gasteiger partial charge in [-0.1, -0.05) is 84.0 Å². The van der Waals surface area contributed by atoms with Crippen molar-refractivity contribution in [1.29, 1.82) is 0 Å². The highest BCUT2D eigenvalue weighted by Gasteiger charge is 2.13. The Morgan fingerprint density at radius 3 is 1.33 bits per heavy atom. The predicted molar refractivity (Wildman–Crippen MR) is 176 cm³/mol. The lowest BCUT2D eigenvalue weighted by Crippen LogP contribution is -2.24. The molecule has 0 spiro atoms. The number of unbranched alkanes of at least 4 members (excludes halogenated alkanes) is 12. The lowest BCUT2D eigenvalue weighted by atomic mass is 10.0. The van der Waals surface area contributed by atoms with Crippen LogP contribution < -0.4 is 0 Å². The Balaban J connectivity index is 1.65. The molecule has 0 aromatic heterocycles. The molecule has 0 aliphatic carbocycles. The van der Waals surface area contributed by atoms with Gasteiger partial charge in [-0.25, -0.2) is 0 Å². The number of carbonyl (C=O) groups is 1. The van der Waals surface area contributed by atoms with Crippen LogP contribution in [-0.2, 0) is 47.4 Å². The van der Waals surface area contributed by atoms with E-state index in [-0.39, 0.29) is 12.3 Å². The van der Waals surface area contributed by atoms with Crippen molar-refractivity contribution in [3.05, 3.63) is 0 Å². The first-order chi connectivity index (χ1) is 22.3. The summed E-state index contributed by atoms with van der Waals surface area (Å²) in [6.45, 7) is 9.94. The smallest absolute Gasteiger partial charge is 0.305 e. The molecule has 1 saturated heterocycles. The number of rotatable bonds is 36. The second-order valence-electron chi connectivity index (χ2n) is 11.6. The molecule has 45 heavy (non-hydrogen) atoms.